The van der Waals surface area contributed by atoms with E-state index in [9.17, 15) is 24.5 Å². The van der Waals surface area contributed by atoms with Crippen molar-refractivity contribution in [3.05, 3.63) is 68.1 Å². The molecule has 1 amide bonds. The van der Waals surface area contributed by atoms with E-state index in [1.807, 2.05) is 6.92 Å². The van der Waals surface area contributed by atoms with Crippen LogP contribution in [-0.4, -0.2) is 37.9 Å². The van der Waals surface area contributed by atoms with Crippen LogP contribution in [0.15, 0.2) is 41.3 Å². The molecule has 0 radical (unpaired) electrons. The smallest absolute Gasteiger partial charge is 0.344 e. The Morgan fingerprint density at radius 3 is 2.76 bits per heavy atom. The lowest BCUT2D eigenvalue weighted by molar-refractivity contribution is -0.384. The van der Waals surface area contributed by atoms with Gasteiger partial charge in [0.1, 0.15) is 11.2 Å². The zero-order chi connectivity index (χ0) is 23.7. The number of carbonyl (C=O) groups is 2. The summed E-state index contributed by atoms with van der Waals surface area (Å²) in [6, 6.07) is 7.44. The van der Waals surface area contributed by atoms with E-state index >= 15 is 0 Å². The van der Waals surface area contributed by atoms with Gasteiger partial charge in [0.2, 0.25) is 5.43 Å². The Bertz CT molecular complexity index is 1490. The van der Waals surface area contributed by atoms with Crippen LogP contribution >= 0.6 is 11.3 Å². The number of benzene rings is 1. The highest BCUT2D eigenvalue weighted by molar-refractivity contribution is 7.22. The number of rotatable bonds is 6. The van der Waals surface area contributed by atoms with Crippen LogP contribution in [0.25, 0.3) is 21.3 Å². The molecule has 1 N–H and O–H groups in total. The van der Waals surface area contributed by atoms with Gasteiger partial charge in [-0.2, -0.15) is 0 Å². The van der Waals surface area contributed by atoms with Gasteiger partial charge in [0, 0.05) is 30.6 Å². The number of thiazole rings is 1. The van der Waals surface area contributed by atoms with E-state index in [-0.39, 0.29) is 21.8 Å². The van der Waals surface area contributed by atoms with E-state index in [1.54, 1.807) is 23.6 Å². The van der Waals surface area contributed by atoms with Crippen molar-refractivity contribution in [3.8, 4) is 0 Å². The van der Waals surface area contributed by atoms with Crippen molar-refractivity contribution < 1.29 is 19.2 Å². The Kier molecular flexibility index (Phi) is 5.84. The molecule has 0 aliphatic carbocycles. The van der Waals surface area contributed by atoms with Crippen molar-refractivity contribution in [1.82, 2.24) is 14.5 Å². The maximum absolute atomic E-state index is 12.7. The predicted molar refractivity (Wildman–Crippen MR) is 122 cm³/mol. The van der Waals surface area contributed by atoms with Crippen molar-refractivity contribution in [1.29, 1.82) is 0 Å². The summed E-state index contributed by atoms with van der Waals surface area (Å²) in [6.45, 7) is 3.49. The quantitative estimate of drug-likeness (QED) is 0.259. The minimum absolute atomic E-state index is 0.0866. The standard InChI is InChI=1S/C21H17N5O6S/c1-3-25-9-14(18(28)13-6-4-11(2)22-19(13)25)20(29)32-10-17(27)24-21-23-15-7-5-12(26(30)31)8-16(15)33-21/h4-9H,3,10H2,1-2H3,(H,23,24,27). The summed E-state index contributed by atoms with van der Waals surface area (Å²) in [5, 5.41) is 13.9. The van der Waals surface area contributed by atoms with Crippen LogP contribution in [0.5, 0.6) is 0 Å². The number of amides is 1. The van der Waals surface area contributed by atoms with E-state index in [1.165, 1.54) is 24.4 Å². The minimum atomic E-state index is -0.931. The molecule has 0 aliphatic rings. The number of hydrogen-bond acceptors (Lipinski definition) is 9. The molecule has 0 saturated carbocycles. The molecule has 0 fully saturated rings. The number of nitro benzene ring substituents is 1. The van der Waals surface area contributed by atoms with E-state index in [4.69, 9.17) is 4.74 Å². The van der Waals surface area contributed by atoms with E-state index in [2.05, 4.69) is 15.3 Å². The Labute approximate surface area is 189 Å². The summed E-state index contributed by atoms with van der Waals surface area (Å²) in [5.74, 6) is -1.59. The van der Waals surface area contributed by atoms with Gasteiger partial charge in [-0.25, -0.2) is 14.8 Å². The van der Waals surface area contributed by atoms with E-state index in [0.29, 0.717) is 22.4 Å². The molecule has 4 aromatic rings. The van der Waals surface area contributed by atoms with Crippen molar-refractivity contribution in [2.24, 2.45) is 0 Å². The van der Waals surface area contributed by atoms with E-state index < -0.39 is 28.8 Å². The van der Waals surface area contributed by atoms with Gasteiger partial charge >= 0.3 is 5.97 Å². The van der Waals surface area contributed by atoms with Crippen molar-refractivity contribution in [2.45, 2.75) is 20.4 Å². The fourth-order valence-corrected chi connectivity index (χ4v) is 4.11. The molecule has 4 rings (SSSR count). The van der Waals surface area contributed by atoms with Gasteiger partial charge in [0.15, 0.2) is 11.7 Å². The number of carbonyl (C=O) groups excluding carboxylic acids is 2. The lowest BCUT2D eigenvalue weighted by Gasteiger charge is -2.11. The molecule has 33 heavy (non-hydrogen) atoms. The normalized spacial score (nSPS) is 11.0. The summed E-state index contributed by atoms with van der Waals surface area (Å²) < 4.78 is 7.23. The second-order valence-electron chi connectivity index (χ2n) is 7.03. The molecule has 168 valence electrons. The van der Waals surface area contributed by atoms with Crippen LogP contribution in [-0.2, 0) is 16.1 Å². The SMILES string of the molecule is CCn1cc(C(=O)OCC(=O)Nc2nc3ccc([N+](=O)[O-])cc3s2)c(=O)c2ccc(C)nc21. The minimum Gasteiger partial charge on any atom is -0.452 e. The zero-order valence-electron chi connectivity index (χ0n) is 17.5. The summed E-state index contributed by atoms with van der Waals surface area (Å²) in [6.07, 6.45) is 1.37. The summed E-state index contributed by atoms with van der Waals surface area (Å²) >= 11 is 1.05. The molecule has 0 spiro atoms. The fraction of sp³-hybridized carbons (Fsp3) is 0.190. The number of anilines is 1. The van der Waals surface area contributed by atoms with Crippen LogP contribution in [0, 0.1) is 17.0 Å². The third-order valence-corrected chi connectivity index (χ3v) is 5.72. The monoisotopic (exact) mass is 467 g/mol. The largest absolute Gasteiger partial charge is 0.452 e. The Balaban J connectivity index is 1.48. The van der Waals surface area contributed by atoms with Gasteiger partial charge in [0.25, 0.3) is 11.6 Å². The number of nitrogens with one attached hydrogen (secondary N) is 1. The Morgan fingerprint density at radius 2 is 2.03 bits per heavy atom. The Hall–Kier alpha value is -4.19. The highest BCUT2D eigenvalue weighted by Gasteiger charge is 2.19. The van der Waals surface area contributed by atoms with Crippen molar-refractivity contribution in [3.63, 3.8) is 0 Å². The van der Waals surface area contributed by atoms with Gasteiger partial charge in [-0.3, -0.25) is 25.0 Å². The first-order valence-corrected chi connectivity index (χ1v) is 10.6. The molecule has 0 unspecified atom stereocenters. The number of fused-ring (bicyclic) bond motifs is 2. The first-order chi connectivity index (χ1) is 15.8. The number of ether oxygens (including phenoxy) is 1. The highest BCUT2D eigenvalue weighted by atomic mass is 32.1. The van der Waals surface area contributed by atoms with Crippen molar-refractivity contribution in [2.75, 3.05) is 11.9 Å². The van der Waals surface area contributed by atoms with Crippen LogP contribution in [0.3, 0.4) is 0 Å². The van der Waals surface area contributed by atoms with E-state index in [0.717, 1.165) is 17.0 Å². The number of aryl methyl sites for hydroxylation is 2. The number of non-ortho nitro benzene ring substituents is 1. The second kappa shape index (κ2) is 8.74. The average Bonchev–Trinajstić information content (AvgIpc) is 3.19. The van der Waals surface area contributed by atoms with Crippen molar-refractivity contribution >= 4 is 55.3 Å². The van der Waals surface area contributed by atoms with Gasteiger partial charge < -0.3 is 9.30 Å². The summed E-state index contributed by atoms with van der Waals surface area (Å²) in [5.41, 5.74) is 0.873. The predicted octanol–water partition coefficient (Wildman–Crippen LogP) is 3.04. The number of hydrogen-bond donors (Lipinski definition) is 1. The maximum atomic E-state index is 12.7. The summed E-state index contributed by atoms with van der Waals surface area (Å²) in [7, 11) is 0. The molecule has 0 bridgehead atoms. The maximum Gasteiger partial charge on any atom is 0.344 e. The van der Waals surface area contributed by atoms with Gasteiger partial charge in [-0.05, 0) is 32.0 Å². The van der Waals surface area contributed by atoms with Gasteiger partial charge in [-0.15, -0.1) is 0 Å². The molecular formula is C21H17N5O6S. The van der Waals surface area contributed by atoms with Crippen LogP contribution < -0.4 is 10.7 Å². The number of nitro groups is 1. The zero-order valence-corrected chi connectivity index (χ0v) is 18.3. The highest BCUT2D eigenvalue weighted by Crippen LogP contribution is 2.29. The van der Waals surface area contributed by atoms with Crippen LogP contribution in [0.2, 0.25) is 0 Å². The first kappa shape index (κ1) is 22.0. The summed E-state index contributed by atoms with van der Waals surface area (Å²) in [4.78, 5) is 56.4. The lowest BCUT2D eigenvalue weighted by Crippen LogP contribution is -2.25. The number of esters is 1. The average molecular weight is 467 g/mol. The number of nitrogens with zero attached hydrogens (tertiary/aromatic N) is 4. The van der Waals surface area contributed by atoms with Gasteiger partial charge in [0.05, 0.1) is 20.5 Å². The molecule has 11 nitrogen and oxygen atoms in total. The molecular weight excluding hydrogens is 450 g/mol. The lowest BCUT2D eigenvalue weighted by atomic mass is 10.2. The molecule has 0 atom stereocenters. The topological polar surface area (TPSA) is 146 Å². The Morgan fingerprint density at radius 1 is 1.24 bits per heavy atom. The molecule has 0 aliphatic heterocycles. The molecule has 12 heteroatoms. The third-order valence-electron chi connectivity index (χ3n) is 4.78. The molecule has 1 aromatic carbocycles. The first-order valence-electron chi connectivity index (χ1n) is 9.79. The second-order valence-corrected chi connectivity index (χ2v) is 8.06. The number of aromatic nitrogens is 3. The molecule has 3 aromatic heterocycles. The third kappa shape index (κ3) is 4.41. The number of pyridine rings is 2. The fourth-order valence-electron chi connectivity index (χ4n) is 3.19. The molecule has 0 saturated heterocycles. The van der Waals surface area contributed by atoms with Gasteiger partial charge in [-0.1, -0.05) is 11.3 Å². The van der Waals surface area contributed by atoms with Crippen LogP contribution in [0.1, 0.15) is 23.0 Å². The molecule has 3 heterocycles. The van der Waals surface area contributed by atoms with Crippen LogP contribution in [0.4, 0.5) is 10.8 Å².